The molecule has 0 fully saturated rings. The number of sulfonamides is 1. The number of hydrogen-bond acceptors (Lipinski definition) is 5. The predicted octanol–water partition coefficient (Wildman–Crippen LogP) is 3.69. The fourth-order valence-corrected chi connectivity index (χ4v) is 7.98. The summed E-state index contributed by atoms with van der Waals surface area (Å²) in [6, 6.07) is 17.2. The zero-order valence-electron chi connectivity index (χ0n) is 13.5. The molecule has 0 bridgehead atoms. The number of benzene rings is 2. The molecule has 5 nitrogen and oxygen atoms in total. The van der Waals surface area contributed by atoms with Crippen LogP contribution in [0.3, 0.4) is 0 Å². The number of anilines is 1. The Balaban J connectivity index is 1.75. The van der Waals surface area contributed by atoms with Gasteiger partial charge in [0.25, 0.3) is 0 Å². The van der Waals surface area contributed by atoms with E-state index in [-0.39, 0.29) is 4.90 Å². The van der Waals surface area contributed by atoms with Gasteiger partial charge in [-0.1, -0.05) is 42.5 Å². The van der Waals surface area contributed by atoms with Crippen LogP contribution in [0.15, 0.2) is 70.9 Å². The summed E-state index contributed by atoms with van der Waals surface area (Å²) in [5.41, 5.74) is 1.53. The zero-order chi connectivity index (χ0) is 18.4. The second kappa shape index (κ2) is 6.22. The van der Waals surface area contributed by atoms with E-state index in [9.17, 15) is 16.8 Å². The number of fused-ring (bicyclic) bond motifs is 1. The van der Waals surface area contributed by atoms with Crippen molar-refractivity contribution in [2.75, 3.05) is 10.5 Å². The molecular weight excluding hydrogens is 390 g/mol. The smallest absolute Gasteiger partial charge is 0.240 e. The van der Waals surface area contributed by atoms with Gasteiger partial charge in [-0.05, 0) is 29.1 Å². The molecule has 0 radical (unpaired) electrons. The first-order valence-electron chi connectivity index (χ1n) is 7.85. The van der Waals surface area contributed by atoms with Crippen LogP contribution in [0, 0.1) is 0 Å². The van der Waals surface area contributed by atoms with Crippen molar-refractivity contribution in [1.29, 1.82) is 0 Å². The molecule has 0 saturated carbocycles. The minimum absolute atomic E-state index is 0.0990. The van der Waals surface area contributed by atoms with E-state index in [1.54, 1.807) is 30.3 Å². The van der Waals surface area contributed by atoms with Crippen molar-refractivity contribution >= 4 is 36.9 Å². The summed E-state index contributed by atoms with van der Waals surface area (Å²) < 4.78 is 53.3. The van der Waals surface area contributed by atoms with Crippen LogP contribution in [0.25, 0.3) is 10.4 Å². The molecule has 1 atom stereocenters. The second-order valence-corrected chi connectivity index (χ2v) is 10.8. The molecule has 0 spiro atoms. The SMILES string of the molecule is O=S1(=O)CC(S(=O)(=O)Nc2ccccc2-c2cccs2)c2ccccc21. The van der Waals surface area contributed by atoms with Gasteiger partial charge in [0.2, 0.25) is 10.0 Å². The Morgan fingerprint density at radius 2 is 1.69 bits per heavy atom. The Bertz CT molecular complexity index is 1170. The number of rotatable bonds is 4. The second-order valence-electron chi connectivity index (χ2n) is 5.98. The van der Waals surface area contributed by atoms with Crippen molar-refractivity contribution in [1.82, 2.24) is 0 Å². The van der Waals surface area contributed by atoms with Crippen molar-refractivity contribution in [2.45, 2.75) is 10.1 Å². The van der Waals surface area contributed by atoms with Crippen molar-refractivity contribution in [3.63, 3.8) is 0 Å². The lowest BCUT2D eigenvalue weighted by Gasteiger charge is -2.16. The highest BCUT2D eigenvalue weighted by Crippen LogP contribution is 2.40. The molecule has 1 unspecified atom stereocenters. The largest absolute Gasteiger partial charge is 0.282 e. The normalized spacial score (nSPS) is 18.4. The summed E-state index contributed by atoms with van der Waals surface area (Å²) in [5.74, 6) is -0.442. The van der Waals surface area contributed by atoms with Crippen molar-refractivity contribution in [3.05, 3.63) is 71.6 Å². The van der Waals surface area contributed by atoms with E-state index in [2.05, 4.69) is 4.72 Å². The van der Waals surface area contributed by atoms with E-state index in [1.165, 1.54) is 17.4 Å². The monoisotopic (exact) mass is 405 g/mol. The summed E-state index contributed by atoms with van der Waals surface area (Å²) in [7, 11) is -7.54. The van der Waals surface area contributed by atoms with Crippen molar-refractivity contribution < 1.29 is 16.8 Å². The predicted molar refractivity (Wildman–Crippen MR) is 104 cm³/mol. The first-order valence-corrected chi connectivity index (χ1v) is 11.9. The maximum atomic E-state index is 13.0. The molecule has 0 saturated heterocycles. The van der Waals surface area contributed by atoms with Gasteiger partial charge >= 0.3 is 0 Å². The first kappa shape index (κ1) is 17.3. The summed E-state index contributed by atoms with van der Waals surface area (Å²) >= 11 is 1.51. The third-order valence-electron chi connectivity index (χ3n) is 4.31. The molecule has 1 aliphatic rings. The number of hydrogen-bond donors (Lipinski definition) is 1. The molecular formula is C18H15NO4S3. The van der Waals surface area contributed by atoms with Crippen LogP contribution in [0.2, 0.25) is 0 Å². The Morgan fingerprint density at radius 3 is 2.46 bits per heavy atom. The van der Waals surface area contributed by atoms with Crippen LogP contribution < -0.4 is 4.72 Å². The third kappa shape index (κ3) is 2.94. The van der Waals surface area contributed by atoms with E-state index in [4.69, 9.17) is 0 Å². The third-order valence-corrected chi connectivity index (χ3v) is 8.91. The molecule has 4 rings (SSSR count). The maximum Gasteiger partial charge on any atom is 0.240 e. The lowest BCUT2D eigenvalue weighted by Crippen LogP contribution is -2.23. The Hall–Kier alpha value is -2.16. The number of thiophene rings is 1. The molecule has 2 heterocycles. The minimum atomic E-state index is -3.94. The van der Waals surface area contributed by atoms with Gasteiger partial charge in [-0.15, -0.1) is 11.3 Å². The summed E-state index contributed by atoms with van der Waals surface area (Å²) in [6.07, 6.45) is 0. The fraction of sp³-hybridized carbons (Fsp3) is 0.111. The van der Waals surface area contributed by atoms with Gasteiger partial charge in [-0.2, -0.15) is 0 Å². The molecule has 0 aliphatic carbocycles. The summed E-state index contributed by atoms with van der Waals surface area (Å²) in [4.78, 5) is 1.03. The van der Waals surface area contributed by atoms with Gasteiger partial charge in [0.1, 0.15) is 5.25 Å². The van der Waals surface area contributed by atoms with E-state index in [1.807, 2.05) is 29.6 Å². The molecule has 1 aromatic heterocycles. The highest BCUT2D eigenvalue weighted by molar-refractivity contribution is 7.96. The summed E-state index contributed by atoms with van der Waals surface area (Å²) in [5, 5.41) is 0.792. The molecule has 1 N–H and O–H groups in total. The average molecular weight is 406 g/mol. The number of para-hydroxylation sites is 1. The molecule has 3 aromatic rings. The van der Waals surface area contributed by atoms with Crippen LogP contribution in [0.4, 0.5) is 5.69 Å². The molecule has 134 valence electrons. The zero-order valence-corrected chi connectivity index (χ0v) is 15.9. The van der Waals surface area contributed by atoms with Crippen LogP contribution in [0.1, 0.15) is 10.8 Å². The van der Waals surface area contributed by atoms with Gasteiger partial charge in [0.05, 0.1) is 16.3 Å². The Morgan fingerprint density at radius 1 is 0.962 bits per heavy atom. The van der Waals surface area contributed by atoms with Crippen LogP contribution >= 0.6 is 11.3 Å². The standard InChI is InChI=1S/C18H15NO4S3/c20-25(21)12-18(14-7-2-4-10-17(14)25)26(22,23)19-15-8-3-1-6-13(15)16-9-5-11-24-16/h1-11,18-19H,12H2. The topological polar surface area (TPSA) is 80.3 Å². The van der Waals surface area contributed by atoms with Crippen LogP contribution in [0.5, 0.6) is 0 Å². The quantitative estimate of drug-likeness (QED) is 0.718. The van der Waals surface area contributed by atoms with Gasteiger partial charge in [0, 0.05) is 10.4 Å². The van der Waals surface area contributed by atoms with E-state index in [0.717, 1.165) is 10.4 Å². The maximum absolute atomic E-state index is 13.0. The van der Waals surface area contributed by atoms with Gasteiger partial charge in [-0.3, -0.25) is 4.72 Å². The Kier molecular flexibility index (Phi) is 4.13. The van der Waals surface area contributed by atoms with Crippen molar-refractivity contribution in [3.8, 4) is 10.4 Å². The number of sulfone groups is 1. The Labute approximate surface area is 156 Å². The van der Waals surface area contributed by atoms with Gasteiger partial charge in [-0.25, -0.2) is 16.8 Å². The highest BCUT2D eigenvalue weighted by atomic mass is 32.2. The van der Waals surface area contributed by atoms with Crippen LogP contribution in [-0.2, 0) is 19.9 Å². The van der Waals surface area contributed by atoms with E-state index >= 15 is 0 Å². The highest BCUT2D eigenvalue weighted by Gasteiger charge is 2.42. The molecule has 8 heteroatoms. The van der Waals surface area contributed by atoms with E-state index < -0.39 is 30.9 Å². The summed E-state index contributed by atoms with van der Waals surface area (Å²) in [6.45, 7) is 0. The fourth-order valence-electron chi connectivity index (χ4n) is 3.11. The van der Waals surface area contributed by atoms with Gasteiger partial charge in [0.15, 0.2) is 9.84 Å². The van der Waals surface area contributed by atoms with Crippen molar-refractivity contribution in [2.24, 2.45) is 0 Å². The first-order chi connectivity index (χ1) is 12.4. The molecule has 0 amide bonds. The van der Waals surface area contributed by atoms with Crippen LogP contribution in [-0.4, -0.2) is 22.6 Å². The average Bonchev–Trinajstić information content (AvgIpc) is 3.23. The van der Waals surface area contributed by atoms with E-state index in [0.29, 0.717) is 11.3 Å². The minimum Gasteiger partial charge on any atom is -0.282 e. The van der Waals surface area contributed by atoms with Gasteiger partial charge < -0.3 is 0 Å². The number of nitrogens with one attached hydrogen (secondary N) is 1. The molecule has 26 heavy (non-hydrogen) atoms. The molecule has 2 aromatic carbocycles. The molecule has 1 aliphatic heterocycles. The lowest BCUT2D eigenvalue weighted by atomic mass is 10.1. The lowest BCUT2D eigenvalue weighted by molar-refractivity contribution is 0.586.